The summed E-state index contributed by atoms with van der Waals surface area (Å²) in [4.78, 5) is 7.29. The van der Waals surface area contributed by atoms with E-state index in [1.807, 2.05) is 6.07 Å². The summed E-state index contributed by atoms with van der Waals surface area (Å²) >= 11 is 0. The summed E-state index contributed by atoms with van der Waals surface area (Å²) in [6.07, 6.45) is 0. The molecule has 0 aliphatic heterocycles. The molecular weight excluding hydrogens is 219 g/mol. The van der Waals surface area contributed by atoms with Gasteiger partial charge >= 0.3 is 0 Å². The van der Waals surface area contributed by atoms with E-state index < -0.39 is 0 Å². The Hall–Kier alpha value is -2.36. The van der Waals surface area contributed by atoms with E-state index in [2.05, 4.69) is 9.97 Å². The quantitative estimate of drug-likeness (QED) is 0.672. The lowest BCUT2D eigenvalue weighted by Gasteiger charge is -1.95. The minimum Gasteiger partial charge on any atom is -0.506 e. The van der Waals surface area contributed by atoms with Crippen LogP contribution in [-0.2, 0) is 0 Å². The van der Waals surface area contributed by atoms with Crippen molar-refractivity contribution in [3.05, 3.63) is 48.3 Å². The zero-order chi connectivity index (χ0) is 11.8. The number of para-hydroxylation sites is 1. The van der Waals surface area contributed by atoms with Gasteiger partial charge in [0.15, 0.2) is 0 Å². The number of imidazole rings is 1. The molecule has 0 aliphatic carbocycles. The lowest BCUT2D eigenvalue weighted by Crippen LogP contribution is -1.81. The van der Waals surface area contributed by atoms with Crippen molar-refractivity contribution in [2.45, 2.75) is 0 Å². The second-order valence-electron chi connectivity index (χ2n) is 3.77. The highest BCUT2D eigenvalue weighted by atomic mass is 19.1. The predicted molar refractivity (Wildman–Crippen MR) is 63.2 cm³/mol. The van der Waals surface area contributed by atoms with Gasteiger partial charge in [-0.2, -0.15) is 0 Å². The van der Waals surface area contributed by atoms with E-state index in [0.717, 1.165) is 5.52 Å². The third-order valence-corrected chi connectivity index (χ3v) is 2.59. The van der Waals surface area contributed by atoms with E-state index in [-0.39, 0.29) is 11.6 Å². The van der Waals surface area contributed by atoms with E-state index in [4.69, 9.17) is 0 Å². The molecule has 3 aromatic rings. The number of aromatic nitrogens is 2. The number of H-pyrrole nitrogens is 1. The lowest BCUT2D eigenvalue weighted by molar-refractivity contribution is 0.480. The Bertz CT molecular complexity index is 691. The Labute approximate surface area is 96.6 Å². The number of halogens is 1. The van der Waals surface area contributed by atoms with Crippen LogP contribution in [0.3, 0.4) is 0 Å². The Morgan fingerprint density at radius 2 is 1.94 bits per heavy atom. The number of rotatable bonds is 1. The summed E-state index contributed by atoms with van der Waals surface area (Å²) in [5.41, 5.74) is 1.87. The number of aromatic amines is 1. The highest BCUT2D eigenvalue weighted by molar-refractivity contribution is 5.84. The van der Waals surface area contributed by atoms with Crippen molar-refractivity contribution < 1.29 is 9.50 Å². The molecule has 0 spiro atoms. The summed E-state index contributed by atoms with van der Waals surface area (Å²) in [5.74, 6) is 0.342. The molecule has 2 N–H and O–H groups in total. The molecule has 0 saturated carbocycles. The van der Waals surface area contributed by atoms with Crippen LogP contribution >= 0.6 is 0 Å². The zero-order valence-electron chi connectivity index (χ0n) is 8.81. The molecule has 1 aromatic heterocycles. The molecule has 84 valence electrons. The van der Waals surface area contributed by atoms with Crippen LogP contribution in [-0.4, -0.2) is 15.1 Å². The van der Waals surface area contributed by atoms with Gasteiger partial charge in [-0.05, 0) is 24.3 Å². The summed E-state index contributed by atoms with van der Waals surface area (Å²) < 4.78 is 13.1. The average Bonchev–Trinajstić information content (AvgIpc) is 2.74. The number of benzene rings is 2. The smallest absolute Gasteiger partial charge is 0.143 e. The molecule has 2 aromatic carbocycles. The molecule has 0 radical (unpaired) electrons. The normalized spacial score (nSPS) is 10.9. The first kappa shape index (κ1) is 9.84. The monoisotopic (exact) mass is 228 g/mol. The lowest BCUT2D eigenvalue weighted by atomic mass is 10.2. The van der Waals surface area contributed by atoms with Crippen LogP contribution in [0.15, 0.2) is 42.5 Å². The highest BCUT2D eigenvalue weighted by Gasteiger charge is 2.08. The van der Waals surface area contributed by atoms with Crippen LogP contribution in [0, 0.1) is 5.82 Å². The topological polar surface area (TPSA) is 48.9 Å². The van der Waals surface area contributed by atoms with Crippen molar-refractivity contribution in [1.82, 2.24) is 9.97 Å². The molecule has 0 unspecified atom stereocenters. The first-order valence-electron chi connectivity index (χ1n) is 5.18. The molecule has 4 heteroatoms. The first-order valence-corrected chi connectivity index (χ1v) is 5.18. The molecule has 0 saturated heterocycles. The van der Waals surface area contributed by atoms with Crippen molar-refractivity contribution in [3.8, 4) is 17.1 Å². The summed E-state index contributed by atoms with van der Waals surface area (Å²) in [5, 5.41) is 9.63. The number of hydrogen-bond donors (Lipinski definition) is 2. The molecule has 17 heavy (non-hydrogen) atoms. The second-order valence-corrected chi connectivity index (χ2v) is 3.77. The summed E-state index contributed by atoms with van der Waals surface area (Å²) in [6, 6.07) is 11.3. The molecule has 0 aliphatic rings. The van der Waals surface area contributed by atoms with E-state index in [9.17, 15) is 9.50 Å². The van der Waals surface area contributed by atoms with Gasteiger partial charge in [0.25, 0.3) is 0 Å². The van der Waals surface area contributed by atoms with Crippen molar-refractivity contribution >= 4 is 11.0 Å². The molecule has 3 nitrogen and oxygen atoms in total. The van der Waals surface area contributed by atoms with Gasteiger partial charge in [0.2, 0.25) is 0 Å². The molecule has 0 atom stereocenters. The maximum atomic E-state index is 13.1. The molecule has 0 bridgehead atoms. The summed E-state index contributed by atoms with van der Waals surface area (Å²) in [7, 11) is 0. The van der Waals surface area contributed by atoms with Gasteiger partial charge in [-0.3, -0.25) is 0 Å². The van der Waals surface area contributed by atoms with Crippen LogP contribution in [0.25, 0.3) is 22.4 Å². The van der Waals surface area contributed by atoms with Crippen LogP contribution in [0.2, 0.25) is 0 Å². The maximum absolute atomic E-state index is 13.1. The van der Waals surface area contributed by atoms with Crippen LogP contribution < -0.4 is 0 Å². The predicted octanol–water partition coefficient (Wildman–Crippen LogP) is 3.07. The van der Waals surface area contributed by atoms with E-state index in [1.165, 1.54) is 12.1 Å². The fourth-order valence-electron chi connectivity index (χ4n) is 1.79. The van der Waals surface area contributed by atoms with E-state index in [0.29, 0.717) is 16.9 Å². The minimum absolute atomic E-state index is 0.112. The minimum atomic E-state index is -0.313. The van der Waals surface area contributed by atoms with Gasteiger partial charge in [0.1, 0.15) is 22.9 Å². The third-order valence-electron chi connectivity index (χ3n) is 2.59. The highest BCUT2D eigenvalue weighted by Crippen LogP contribution is 2.26. The summed E-state index contributed by atoms with van der Waals surface area (Å²) in [6.45, 7) is 0. The first-order chi connectivity index (χ1) is 8.24. The number of phenols is 1. The third kappa shape index (κ3) is 1.63. The fourth-order valence-corrected chi connectivity index (χ4v) is 1.79. The number of phenolic OH excluding ortho intramolecular Hbond substituents is 1. The number of aromatic hydroxyl groups is 1. The number of nitrogens with one attached hydrogen (secondary N) is 1. The van der Waals surface area contributed by atoms with Gasteiger partial charge < -0.3 is 10.1 Å². The Balaban J connectivity index is 2.22. The van der Waals surface area contributed by atoms with Crippen LogP contribution in [0.4, 0.5) is 4.39 Å². The molecule has 3 rings (SSSR count). The number of fused-ring (bicyclic) bond motifs is 1. The van der Waals surface area contributed by atoms with Crippen molar-refractivity contribution in [2.24, 2.45) is 0 Å². The van der Waals surface area contributed by atoms with E-state index >= 15 is 0 Å². The van der Waals surface area contributed by atoms with Gasteiger partial charge in [-0.25, -0.2) is 9.37 Å². The van der Waals surface area contributed by atoms with Crippen LogP contribution in [0.1, 0.15) is 0 Å². The van der Waals surface area contributed by atoms with Gasteiger partial charge in [-0.1, -0.05) is 18.2 Å². The van der Waals surface area contributed by atoms with Crippen molar-refractivity contribution in [3.63, 3.8) is 0 Å². The van der Waals surface area contributed by atoms with Gasteiger partial charge in [-0.15, -0.1) is 0 Å². The van der Waals surface area contributed by atoms with Crippen LogP contribution in [0.5, 0.6) is 5.75 Å². The SMILES string of the molecule is Oc1cccc2[nH]c(-c3cccc(F)c3)nc12. The Kier molecular flexibility index (Phi) is 2.08. The average molecular weight is 228 g/mol. The Morgan fingerprint density at radius 1 is 1.12 bits per heavy atom. The van der Waals surface area contributed by atoms with E-state index in [1.54, 1.807) is 24.3 Å². The van der Waals surface area contributed by atoms with Gasteiger partial charge in [0.05, 0.1) is 5.52 Å². The second kappa shape index (κ2) is 3.59. The van der Waals surface area contributed by atoms with Gasteiger partial charge in [0, 0.05) is 5.56 Å². The molecule has 0 amide bonds. The standard InChI is InChI=1S/C13H9FN2O/c14-9-4-1-3-8(7-9)13-15-10-5-2-6-11(17)12(10)16-13/h1-7,17H,(H,15,16). The Morgan fingerprint density at radius 3 is 2.71 bits per heavy atom. The molecule has 1 heterocycles. The largest absolute Gasteiger partial charge is 0.506 e. The van der Waals surface area contributed by atoms with Crippen molar-refractivity contribution in [1.29, 1.82) is 0 Å². The fraction of sp³-hybridized carbons (Fsp3) is 0. The maximum Gasteiger partial charge on any atom is 0.143 e. The number of nitrogens with zero attached hydrogens (tertiary/aromatic N) is 1. The zero-order valence-corrected chi connectivity index (χ0v) is 8.81. The molecular formula is C13H9FN2O. The number of hydrogen-bond acceptors (Lipinski definition) is 2. The van der Waals surface area contributed by atoms with Crippen molar-refractivity contribution in [2.75, 3.05) is 0 Å². The molecule has 0 fully saturated rings.